The smallest absolute Gasteiger partial charge is 0.322 e. The lowest BCUT2D eigenvalue weighted by atomic mass is 10.2. The minimum atomic E-state index is -3.78. The van der Waals surface area contributed by atoms with Crippen LogP contribution in [0.4, 0.5) is 8.78 Å². The van der Waals surface area contributed by atoms with Gasteiger partial charge in [-0.1, -0.05) is 24.3 Å². The molecule has 1 aliphatic heterocycles. The third kappa shape index (κ3) is 3.56. The highest BCUT2D eigenvalue weighted by atomic mass is 32.2. The fraction of sp³-hybridized carbons (Fsp3) is 0.462. The molecule has 0 aliphatic carbocycles. The van der Waals surface area contributed by atoms with Crippen molar-refractivity contribution in [3.8, 4) is 0 Å². The number of carboxylic acid groups (broad SMARTS) is 1. The minimum Gasteiger partial charge on any atom is -0.480 e. The summed E-state index contributed by atoms with van der Waals surface area (Å²) in [5.74, 6) is -1.55. The fourth-order valence-electron chi connectivity index (χ4n) is 2.37. The van der Waals surface area contributed by atoms with Crippen LogP contribution < -0.4 is 0 Å². The highest BCUT2D eigenvalue weighted by Gasteiger charge is 2.38. The molecule has 1 atom stereocenters. The van der Waals surface area contributed by atoms with Crippen molar-refractivity contribution in [2.75, 3.05) is 6.54 Å². The number of aliphatic carboxylic acids is 1. The SMILES string of the molecule is O=C(O)C1CCCN1S(=O)(=O)Cc1ccc(C(F)F)cc1. The molecule has 1 N–H and O–H groups in total. The average Bonchev–Trinajstić information content (AvgIpc) is 2.89. The molecule has 1 aromatic rings. The summed E-state index contributed by atoms with van der Waals surface area (Å²) in [4.78, 5) is 11.0. The Bertz CT molecular complexity index is 616. The van der Waals surface area contributed by atoms with Crippen LogP contribution in [0.5, 0.6) is 0 Å². The molecule has 116 valence electrons. The summed E-state index contributed by atoms with van der Waals surface area (Å²) in [5.41, 5.74) is 0.177. The van der Waals surface area contributed by atoms with Crippen molar-refractivity contribution >= 4 is 16.0 Å². The van der Waals surface area contributed by atoms with Crippen molar-refractivity contribution in [1.29, 1.82) is 0 Å². The summed E-state index contributed by atoms with van der Waals surface area (Å²) in [5, 5.41) is 9.02. The van der Waals surface area contributed by atoms with E-state index in [1.54, 1.807) is 0 Å². The van der Waals surface area contributed by atoms with Crippen molar-refractivity contribution in [2.45, 2.75) is 31.1 Å². The van der Waals surface area contributed by atoms with Crippen LogP contribution in [0.2, 0.25) is 0 Å². The maximum absolute atomic E-state index is 12.4. The number of halogens is 2. The number of hydrogen-bond donors (Lipinski definition) is 1. The van der Waals surface area contributed by atoms with Gasteiger partial charge in [-0.05, 0) is 18.4 Å². The number of carboxylic acids is 1. The molecule has 1 saturated heterocycles. The molecule has 1 aromatic carbocycles. The van der Waals surface area contributed by atoms with Crippen molar-refractivity contribution in [3.63, 3.8) is 0 Å². The van der Waals surface area contributed by atoms with E-state index in [0.29, 0.717) is 18.4 Å². The summed E-state index contributed by atoms with van der Waals surface area (Å²) in [6, 6.07) is 3.97. The lowest BCUT2D eigenvalue weighted by Crippen LogP contribution is -2.40. The molecule has 5 nitrogen and oxygen atoms in total. The first-order valence-electron chi connectivity index (χ1n) is 6.40. The molecule has 0 spiro atoms. The van der Waals surface area contributed by atoms with Gasteiger partial charge in [-0.3, -0.25) is 4.79 Å². The molecule has 1 unspecified atom stereocenters. The molecule has 0 bridgehead atoms. The first-order valence-corrected chi connectivity index (χ1v) is 8.01. The number of carbonyl (C=O) groups is 1. The second-order valence-corrected chi connectivity index (χ2v) is 6.83. The zero-order valence-electron chi connectivity index (χ0n) is 11.1. The number of hydrogen-bond acceptors (Lipinski definition) is 3. The second kappa shape index (κ2) is 6.07. The molecule has 1 aliphatic rings. The maximum Gasteiger partial charge on any atom is 0.322 e. The van der Waals surface area contributed by atoms with E-state index in [1.165, 1.54) is 24.3 Å². The lowest BCUT2D eigenvalue weighted by molar-refractivity contribution is -0.140. The number of sulfonamides is 1. The van der Waals surface area contributed by atoms with Gasteiger partial charge < -0.3 is 5.11 Å². The number of rotatable bonds is 5. The van der Waals surface area contributed by atoms with E-state index in [2.05, 4.69) is 0 Å². The summed E-state index contributed by atoms with van der Waals surface area (Å²) < 4.78 is 50.3. The van der Waals surface area contributed by atoms with Gasteiger partial charge in [-0.25, -0.2) is 17.2 Å². The van der Waals surface area contributed by atoms with Crippen LogP contribution in [0.25, 0.3) is 0 Å². The molecule has 1 heterocycles. The maximum atomic E-state index is 12.4. The van der Waals surface area contributed by atoms with Crippen LogP contribution in [0, 0.1) is 0 Å². The number of alkyl halides is 2. The molecule has 0 radical (unpaired) electrons. The molecule has 0 amide bonds. The van der Waals surface area contributed by atoms with Crippen LogP contribution in [-0.4, -0.2) is 36.4 Å². The summed E-state index contributed by atoms with van der Waals surface area (Å²) >= 11 is 0. The van der Waals surface area contributed by atoms with Crippen LogP contribution in [0.1, 0.15) is 30.4 Å². The zero-order chi connectivity index (χ0) is 15.6. The van der Waals surface area contributed by atoms with Gasteiger partial charge in [0.2, 0.25) is 10.0 Å². The standard InChI is InChI=1S/C13H15F2NO4S/c14-12(15)10-5-3-9(4-6-10)8-21(19,20)16-7-1-2-11(16)13(17)18/h3-6,11-12H,1-2,7-8H2,(H,17,18). The molecular weight excluding hydrogens is 304 g/mol. The minimum absolute atomic E-state index is 0.175. The molecule has 1 fully saturated rings. The quantitative estimate of drug-likeness (QED) is 0.901. The summed E-state index contributed by atoms with van der Waals surface area (Å²) in [6.45, 7) is 0.175. The Morgan fingerprint density at radius 3 is 2.48 bits per heavy atom. The predicted molar refractivity (Wildman–Crippen MR) is 71.4 cm³/mol. The van der Waals surface area contributed by atoms with Gasteiger partial charge in [0, 0.05) is 12.1 Å². The van der Waals surface area contributed by atoms with Crippen LogP contribution in [0.15, 0.2) is 24.3 Å². The number of benzene rings is 1. The Morgan fingerprint density at radius 1 is 1.33 bits per heavy atom. The highest BCUT2D eigenvalue weighted by Crippen LogP contribution is 2.25. The van der Waals surface area contributed by atoms with Crippen LogP contribution in [-0.2, 0) is 20.6 Å². The molecule has 0 saturated carbocycles. The van der Waals surface area contributed by atoms with E-state index in [0.717, 1.165) is 4.31 Å². The third-order valence-electron chi connectivity index (χ3n) is 3.43. The normalized spacial score (nSPS) is 20.0. The van der Waals surface area contributed by atoms with Gasteiger partial charge in [0.05, 0.1) is 5.75 Å². The van der Waals surface area contributed by atoms with Gasteiger partial charge in [0.1, 0.15) is 6.04 Å². The van der Waals surface area contributed by atoms with E-state index in [-0.39, 0.29) is 17.9 Å². The van der Waals surface area contributed by atoms with Gasteiger partial charge in [-0.2, -0.15) is 4.31 Å². The average molecular weight is 319 g/mol. The van der Waals surface area contributed by atoms with E-state index in [1.807, 2.05) is 0 Å². The monoisotopic (exact) mass is 319 g/mol. The molecular formula is C13H15F2NO4S. The van der Waals surface area contributed by atoms with E-state index < -0.39 is 28.5 Å². The summed E-state index contributed by atoms with van der Waals surface area (Å²) in [6.07, 6.45) is -1.81. The number of nitrogens with zero attached hydrogens (tertiary/aromatic N) is 1. The molecule has 2 rings (SSSR count). The van der Waals surface area contributed by atoms with Gasteiger partial charge in [-0.15, -0.1) is 0 Å². The summed E-state index contributed by atoms with van der Waals surface area (Å²) in [7, 11) is -3.78. The Balaban J connectivity index is 2.15. The van der Waals surface area contributed by atoms with Crippen LogP contribution >= 0.6 is 0 Å². The van der Waals surface area contributed by atoms with Crippen molar-refractivity contribution in [2.24, 2.45) is 0 Å². The van der Waals surface area contributed by atoms with E-state index >= 15 is 0 Å². The van der Waals surface area contributed by atoms with Gasteiger partial charge >= 0.3 is 5.97 Å². The van der Waals surface area contributed by atoms with Crippen molar-refractivity contribution < 1.29 is 27.1 Å². The Labute approximate surface area is 121 Å². The van der Waals surface area contributed by atoms with E-state index in [4.69, 9.17) is 5.11 Å². The van der Waals surface area contributed by atoms with Crippen molar-refractivity contribution in [3.05, 3.63) is 35.4 Å². The molecule has 8 heteroatoms. The van der Waals surface area contributed by atoms with Gasteiger partial charge in [0.25, 0.3) is 6.43 Å². The topological polar surface area (TPSA) is 74.7 Å². The van der Waals surface area contributed by atoms with Crippen molar-refractivity contribution in [1.82, 2.24) is 4.31 Å². The fourth-order valence-corrected chi connectivity index (χ4v) is 4.14. The Kier molecular flexibility index (Phi) is 4.58. The third-order valence-corrected chi connectivity index (χ3v) is 5.28. The predicted octanol–water partition coefficient (Wildman–Crippen LogP) is 2.00. The van der Waals surface area contributed by atoms with E-state index in [9.17, 15) is 22.0 Å². The second-order valence-electron chi connectivity index (χ2n) is 4.91. The lowest BCUT2D eigenvalue weighted by Gasteiger charge is -2.21. The molecule has 0 aromatic heterocycles. The largest absolute Gasteiger partial charge is 0.480 e. The van der Waals surface area contributed by atoms with Gasteiger partial charge in [0.15, 0.2) is 0 Å². The molecule has 21 heavy (non-hydrogen) atoms. The first kappa shape index (κ1) is 15.8. The van der Waals surface area contributed by atoms with Crippen LogP contribution in [0.3, 0.4) is 0 Å². The first-order chi connectivity index (χ1) is 9.81. The Hall–Kier alpha value is -1.54. The highest BCUT2D eigenvalue weighted by molar-refractivity contribution is 7.88. The Morgan fingerprint density at radius 2 is 1.95 bits per heavy atom. The zero-order valence-corrected chi connectivity index (χ0v) is 11.9.